The van der Waals surface area contributed by atoms with Crippen molar-refractivity contribution in [2.45, 2.75) is 0 Å². The van der Waals surface area contributed by atoms with Gasteiger partial charge in [0.25, 0.3) is 0 Å². The molecule has 0 N–H and O–H groups in total. The Balaban J connectivity index is 0.00000144. The molecule has 0 atom stereocenters. The highest BCUT2D eigenvalue weighted by molar-refractivity contribution is 7.34. The third-order valence-electron chi connectivity index (χ3n) is 1.89. The van der Waals surface area contributed by atoms with Gasteiger partial charge in [-0.3, -0.25) is 0 Å². The van der Waals surface area contributed by atoms with E-state index in [1.165, 1.54) is 0 Å². The Morgan fingerprint density at radius 2 is 1.06 bits per heavy atom. The van der Waals surface area contributed by atoms with Gasteiger partial charge in [-0.05, 0) is 24.3 Å². The Labute approximate surface area is 117 Å². The molecule has 0 saturated heterocycles. The van der Waals surface area contributed by atoms with Gasteiger partial charge in [0.1, 0.15) is 11.5 Å². The first-order valence-electron chi connectivity index (χ1n) is 4.84. The topological polar surface area (TPSA) is 35.5 Å². The molecular formula is C12H13MgO3P. The molecule has 5 heteroatoms. The van der Waals surface area contributed by atoms with Crippen LogP contribution in [0.25, 0.3) is 0 Å². The molecule has 0 aromatic heterocycles. The maximum Gasteiger partial charge on any atom is 0.418 e. The Hall–Kier alpha value is -0.964. The van der Waals surface area contributed by atoms with Crippen LogP contribution in [0.3, 0.4) is 0 Å². The molecule has 0 heterocycles. The van der Waals surface area contributed by atoms with Gasteiger partial charge in [-0.25, -0.2) is 4.57 Å². The highest BCUT2D eigenvalue weighted by Crippen LogP contribution is 2.29. The SMILES string of the molecule is O=[PH](Oc1ccccc1)Oc1ccccc1.[MgH2]. The van der Waals surface area contributed by atoms with E-state index in [4.69, 9.17) is 9.05 Å². The van der Waals surface area contributed by atoms with E-state index < -0.39 is 8.25 Å². The van der Waals surface area contributed by atoms with E-state index in [2.05, 4.69) is 0 Å². The van der Waals surface area contributed by atoms with Crippen molar-refractivity contribution in [2.24, 2.45) is 0 Å². The van der Waals surface area contributed by atoms with Gasteiger partial charge < -0.3 is 9.05 Å². The van der Waals surface area contributed by atoms with Crippen molar-refractivity contribution in [3.63, 3.8) is 0 Å². The highest BCUT2D eigenvalue weighted by Gasteiger charge is 2.02. The summed E-state index contributed by atoms with van der Waals surface area (Å²) in [6.45, 7) is 0. The Kier molecular flexibility index (Phi) is 6.12. The van der Waals surface area contributed by atoms with Gasteiger partial charge in [0.15, 0.2) is 0 Å². The molecule has 0 bridgehead atoms. The molecule has 2 aromatic rings. The molecule has 0 radical (unpaired) electrons. The predicted molar refractivity (Wildman–Crippen MR) is 71.7 cm³/mol. The molecule has 2 rings (SSSR count). The molecule has 0 saturated carbocycles. The fourth-order valence-corrected chi connectivity index (χ4v) is 1.89. The van der Waals surface area contributed by atoms with Crippen LogP contribution < -0.4 is 9.05 Å². The van der Waals surface area contributed by atoms with E-state index in [0.717, 1.165) is 0 Å². The minimum atomic E-state index is -2.54. The van der Waals surface area contributed by atoms with E-state index >= 15 is 0 Å². The van der Waals surface area contributed by atoms with Gasteiger partial charge in [-0.2, -0.15) is 0 Å². The van der Waals surface area contributed by atoms with Crippen LogP contribution >= 0.6 is 8.25 Å². The normalized spacial score (nSPS) is 9.47. The lowest BCUT2D eigenvalue weighted by Gasteiger charge is -2.07. The van der Waals surface area contributed by atoms with Gasteiger partial charge in [0.2, 0.25) is 0 Å². The second-order valence-electron chi connectivity index (χ2n) is 3.08. The summed E-state index contributed by atoms with van der Waals surface area (Å²) in [4.78, 5) is 0. The summed E-state index contributed by atoms with van der Waals surface area (Å²) in [7, 11) is -2.54. The molecule has 3 nitrogen and oxygen atoms in total. The summed E-state index contributed by atoms with van der Waals surface area (Å²) < 4.78 is 21.8. The summed E-state index contributed by atoms with van der Waals surface area (Å²) in [5.74, 6) is 1.09. The standard InChI is InChI=1S/C12H11O3P.Mg.2H/c13-16(14-11-7-3-1-4-8-11)15-12-9-5-2-6-10-12;;;/h1-10,16H;;;. The van der Waals surface area contributed by atoms with Crippen LogP contribution in [0, 0.1) is 0 Å². The Morgan fingerprint density at radius 3 is 1.41 bits per heavy atom. The average molecular weight is 261 g/mol. The molecule has 0 aliphatic carbocycles. The van der Waals surface area contributed by atoms with Gasteiger partial charge in [0, 0.05) is 0 Å². The Morgan fingerprint density at radius 1 is 0.706 bits per heavy atom. The number of hydrogen-bond donors (Lipinski definition) is 0. The zero-order valence-electron chi connectivity index (χ0n) is 8.50. The zero-order chi connectivity index (χ0) is 11.2. The molecular weight excluding hydrogens is 247 g/mol. The summed E-state index contributed by atoms with van der Waals surface area (Å²) >= 11 is 0. The van der Waals surface area contributed by atoms with E-state index in [-0.39, 0.29) is 23.1 Å². The minimum Gasteiger partial charge on any atom is -0.418 e. The first-order valence-corrected chi connectivity index (χ1v) is 6.07. The lowest BCUT2D eigenvalue weighted by Crippen LogP contribution is -1.87. The van der Waals surface area contributed by atoms with Crippen LogP contribution in [0.2, 0.25) is 0 Å². The fraction of sp³-hybridized carbons (Fsp3) is 0. The second-order valence-corrected chi connectivity index (χ2v) is 3.99. The minimum absolute atomic E-state index is 0. The summed E-state index contributed by atoms with van der Waals surface area (Å²) in [6.07, 6.45) is 0. The highest BCUT2D eigenvalue weighted by atomic mass is 31.1. The molecule has 17 heavy (non-hydrogen) atoms. The summed E-state index contributed by atoms with van der Waals surface area (Å²) in [5.41, 5.74) is 0. The second kappa shape index (κ2) is 7.38. The molecule has 0 spiro atoms. The average Bonchev–Trinajstić information content (AvgIpc) is 2.31. The van der Waals surface area contributed by atoms with Crippen molar-refractivity contribution in [1.29, 1.82) is 0 Å². The van der Waals surface area contributed by atoms with Crippen molar-refractivity contribution in [2.75, 3.05) is 0 Å². The third-order valence-corrected chi connectivity index (χ3v) is 2.69. The number of para-hydroxylation sites is 2. The fourth-order valence-electron chi connectivity index (χ4n) is 1.19. The predicted octanol–water partition coefficient (Wildman–Crippen LogP) is 2.62. The third kappa shape index (κ3) is 4.82. The quantitative estimate of drug-likeness (QED) is 0.626. The molecule has 2 aromatic carbocycles. The van der Waals surface area contributed by atoms with Crippen molar-refractivity contribution in [3.05, 3.63) is 60.7 Å². The van der Waals surface area contributed by atoms with Crippen molar-refractivity contribution in [3.8, 4) is 11.5 Å². The maximum absolute atomic E-state index is 11.5. The van der Waals surface area contributed by atoms with Gasteiger partial charge >= 0.3 is 31.3 Å². The van der Waals surface area contributed by atoms with Crippen LogP contribution in [-0.2, 0) is 4.57 Å². The number of hydrogen-bond acceptors (Lipinski definition) is 3. The monoisotopic (exact) mass is 260 g/mol. The lowest BCUT2D eigenvalue weighted by molar-refractivity contribution is 0.415. The van der Waals surface area contributed by atoms with Crippen molar-refractivity contribution >= 4 is 31.3 Å². The lowest BCUT2D eigenvalue weighted by atomic mass is 10.3. The summed E-state index contributed by atoms with van der Waals surface area (Å²) in [5, 5.41) is 0. The van der Waals surface area contributed by atoms with E-state index in [9.17, 15) is 4.57 Å². The Bertz CT molecular complexity index is 418. The van der Waals surface area contributed by atoms with Crippen LogP contribution in [-0.4, -0.2) is 23.1 Å². The maximum atomic E-state index is 11.5. The number of benzene rings is 2. The van der Waals surface area contributed by atoms with Crippen molar-refractivity contribution in [1.82, 2.24) is 0 Å². The molecule has 0 aliphatic heterocycles. The summed E-state index contributed by atoms with van der Waals surface area (Å²) in [6, 6.07) is 17.9. The van der Waals surface area contributed by atoms with E-state index in [1.807, 2.05) is 36.4 Å². The van der Waals surface area contributed by atoms with Crippen LogP contribution in [0.4, 0.5) is 0 Å². The molecule has 0 fully saturated rings. The first-order chi connectivity index (χ1) is 7.84. The smallest absolute Gasteiger partial charge is 0.418 e. The van der Waals surface area contributed by atoms with Crippen molar-refractivity contribution < 1.29 is 13.6 Å². The van der Waals surface area contributed by atoms with Crippen LogP contribution in [0.5, 0.6) is 11.5 Å². The number of rotatable bonds is 4. The van der Waals surface area contributed by atoms with Gasteiger partial charge in [-0.15, -0.1) is 0 Å². The molecule has 0 unspecified atom stereocenters. The van der Waals surface area contributed by atoms with E-state index in [1.54, 1.807) is 24.3 Å². The molecule has 0 aliphatic rings. The van der Waals surface area contributed by atoms with Crippen LogP contribution in [0.15, 0.2) is 60.7 Å². The van der Waals surface area contributed by atoms with Gasteiger partial charge in [-0.1, -0.05) is 36.4 Å². The molecule has 0 amide bonds. The first kappa shape index (κ1) is 14.1. The largest absolute Gasteiger partial charge is 0.418 e. The van der Waals surface area contributed by atoms with Gasteiger partial charge in [0.05, 0.1) is 0 Å². The molecule has 86 valence electrons. The van der Waals surface area contributed by atoms with Crippen LogP contribution in [0.1, 0.15) is 0 Å². The zero-order valence-corrected chi connectivity index (χ0v) is 9.50. The van der Waals surface area contributed by atoms with E-state index in [0.29, 0.717) is 11.5 Å².